The maximum atomic E-state index is 12.5. The van der Waals surface area contributed by atoms with Gasteiger partial charge >= 0.3 is 6.09 Å². The quantitative estimate of drug-likeness (QED) is 0.731. The SMILES string of the molecule is CN1CCN(C(=O)OC2CCCC2)C2(CCCC2)C1. The van der Waals surface area contributed by atoms with Crippen LogP contribution >= 0.6 is 0 Å². The van der Waals surface area contributed by atoms with Crippen molar-refractivity contribution in [2.45, 2.75) is 63.0 Å². The second-order valence-corrected chi connectivity index (χ2v) is 6.61. The Morgan fingerprint density at radius 3 is 2.47 bits per heavy atom. The van der Waals surface area contributed by atoms with Gasteiger partial charge in [-0.25, -0.2) is 4.79 Å². The predicted molar refractivity (Wildman–Crippen MR) is 74.1 cm³/mol. The Morgan fingerprint density at radius 2 is 1.79 bits per heavy atom. The summed E-state index contributed by atoms with van der Waals surface area (Å²) in [7, 11) is 2.17. The Balaban J connectivity index is 1.68. The summed E-state index contributed by atoms with van der Waals surface area (Å²) >= 11 is 0. The summed E-state index contributed by atoms with van der Waals surface area (Å²) in [6.07, 6.45) is 9.50. The van der Waals surface area contributed by atoms with Gasteiger partial charge < -0.3 is 9.64 Å². The van der Waals surface area contributed by atoms with Gasteiger partial charge in [0.15, 0.2) is 0 Å². The van der Waals surface area contributed by atoms with Gasteiger partial charge in [-0.3, -0.25) is 4.90 Å². The average Bonchev–Trinajstić information content (AvgIpc) is 3.01. The zero-order chi connectivity index (χ0) is 13.3. The van der Waals surface area contributed by atoms with Crippen LogP contribution in [0.2, 0.25) is 0 Å². The molecule has 0 unspecified atom stereocenters. The number of hydrogen-bond acceptors (Lipinski definition) is 3. The standard InChI is InChI=1S/C15H26N2O2/c1-16-10-11-17(15(12-16)8-4-5-9-15)14(18)19-13-6-2-3-7-13/h13H,2-12H2,1H3. The summed E-state index contributed by atoms with van der Waals surface area (Å²) < 4.78 is 5.74. The second kappa shape index (κ2) is 5.31. The van der Waals surface area contributed by atoms with E-state index in [4.69, 9.17) is 4.74 Å². The predicted octanol–water partition coefficient (Wildman–Crippen LogP) is 2.63. The highest BCUT2D eigenvalue weighted by molar-refractivity contribution is 5.69. The molecule has 0 bridgehead atoms. The molecule has 0 aromatic rings. The first-order chi connectivity index (χ1) is 9.20. The summed E-state index contributed by atoms with van der Waals surface area (Å²) in [6.45, 7) is 2.83. The highest BCUT2D eigenvalue weighted by Gasteiger charge is 2.46. The van der Waals surface area contributed by atoms with Gasteiger partial charge in [0.05, 0.1) is 5.54 Å². The van der Waals surface area contributed by atoms with Crippen molar-refractivity contribution >= 4 is 6.09 Å². The van der Waals surface area contributed by atoms with Crippen molar-refractivity contribution < 1.29 is 9.53 Å². The molecular weight excluding hydrogens is 240 g/mol. The van der Waals surface area contributed by atoms with E-state index in [0.717, 1.165) is 45.3 Å². The van der Waals surface area contributed by atoms with Gasteiger partial charge in [-0.1, -0.05) is 12.8 Å². The van der Waals surface area contributed by atoms with Gasteiger partial charge in [0.1, 0.15) is 6.10 Å². The minimum atomic E-state index is -0.0399. The largest absolute Gasteiger partial charge is 0.446 e. The summed E-state index contributed by atoms with van der Waals surface area (Å²) in [6, 6.07) is 0. The molecule has 0 atom stereocenters. The lowest BCUT2D eigenvalue weighted by Crippen LogP contribution is -2.62. The van der Waals surface area contributed by atoms with E-state index in [2.05, 4.69) is 16.8 Å². The Morgan fingerprint density at radius 1 is 1.11 bits per heavy atom. The van der Waals surface area contributed by atoms with Crippen molar-refractivity contribution in [1.29, 1.82) is 0 Å². The van der Waals surface area contributed by atoms with E-state index in [9.17, 15) is 4.79 Å². The third-order valence-corrected chi connectivity index (χ3v) is 5.17. The lowest BCUT2D eigenvalue weighted by Gasteiger charge is -2.47. The zero-order valence-electron chi connectivity index (χ0n) is 12.1. The Kier molecular flexibility index (Phi) is 3.70. The topological polar surface area (TPSA) is 32.8 Å². The van der Waals surface area contributed by atoms with Crippen LogP contribution in [0.4, 0.5) is 4.79 Å². The van der Waals surface area contributed by atoms with Gasteiger partial charge in [-0.05, 0) is 45.6 Å². The number of likely N-dealkylation sites (N-methyl/N-ethyl adjacent to an activating group) is 1. The van der Waals surface area contributed by atoms with E-state index in [1.807, 2.05) is 0 Å². The molecule has 1 spiro atoms. The highest BCUT2D eigenvalue weighted by atomic mass is 16.6. The third kappa shape index (κ3) is 2.60. The van der Waals surface area contributed by atoms with Crippen molar-refractivity contribution in [2.24, 2.45) is 0 Å². The van der Waals surface area contributed by atoms with Gasteiger partial charge in [0, 0.05) is 19.6 Å². The molecule has 1 amide bonds. The number of amides is 1. The summed E-state index contributed by atoms with van der Waals surface area (Å²) in [5, 5.41) is 0. The smallest absolute Gasteiger partial charge is 0.410 e. The van der Waals surface area contributed by atoms with Crippen molar-refractivity contribution in [2.75, 3.05) is 26.7 Å². The summed E-state index contributed by atoms with van der Waals surface area (Å²) in [4.78, 5) is 16.9. The van der Waals surface area contributed by atoms with Crippen LogP contribution in [0.1, 0.15) is 51.4 Å². The van der Waals surface area contributed by atoms with Crippen molar-refractivity contribution in [3.05, 3.63) is 0 Å². The maximum absolute atomic E-state index is 12.5. The second-order valence-electron chi connectivity index (χ2n) is 6.61. The molecule has 3 fully saturated rings. The minimum absolute atomic E-state index is 0.0399. The molecule has 0 radical (unpaired) electrons. The van der Waals surface area contributed by atoms with E-state index in [0.29, 0.717) is 0 Å². The van der Waals surface area contributed by atoms with Crippen LogP contribution in [0.15, 0.2) is 0 Å². The van der Waals surface area contributed by atoms with Crippen molar-refractivity contribution in [3.63, 3.8) is 0 Å². The van der Waals surface area contributed by atoms with Crippen LogP contribution in [0.25, 0.3) is 0 Å². The maximum Gasteiger partial charge on any atom is 0.410 e. The number of nitrogens with zero attached hydrogens (tertiary/aromatic N) is 2. The average molecular weight is 266 g/mol. The van der Waals surface area contributed by atoms with E-state index in [1.54, 1.807) is 0 Å². The van der Waals surface area contributed by atoms with Crippen molar-refractivity contribution in [1.82, 2.24) is 9.80 Å². The van der Waals surface area contributed by atoms with Crippen LogP contribution < -0.4 is 0 Å². The van der Waals surface area contributed by atoms with Gasteiger partial charge in [0.25, 0.3) is 0 Å². The molecule has 3 rings (SSSR count). The molecule has 2 aliphatic carbocycles. The molecule has 108 valence electrons. The van der Waals surface area contributed by atoms with E-state index in [1.165, 1.54) is 25.7 Å². The Bertz CT molecular complexity index is 333. The molecule has 0 N–H and O–H groups in total. The molecule has 1 heterocycles. The molecular formula is C15H26N2O2. The lowest BCUT2D eigenvalue weighted by molar-refractivity contribution is -0.00938. The first-order valence-corrected chi connectivity index (χ1v) is 7.86. The number of rotatable bonds is 1. The van der Waals surface area contributed by atoms with Gasteiger partial charge in [0.2, 0.25) is 0 Å². The van der Waals surface area contributed by atoms with E-state index in [-0.39, 0.29) is 17.7 Å². The first-order valence-electron chi connectivity index (χ1n) is 7.86. The number of carbonyl (C=O) groups is 1. The molecule has 1 aliphatic heterocycles. The van der Waals surface area contributed by atoms with Crippen molar-refractivity contribution in [3.8, 4) is 0 Å². The normalized spacial score (nSPS) is 28.2. The van der Waals surface area contributed by atoms with E-state index < -0.39 is 0 Å². The minimum Gasteiger partial charge on any atom is -0.446 e. The number of hydrogen-bond donors (Lipinski definition) is 0. The number of carbonyl (C=O) groups excluding carboxylic acids is 1. The van der Waals surface area contributed by atoms with Crippen LogP contribution in [0, 0.1) is 0 Å². The molecule has 4 heteroatoms. The summed E-state index contributed by atoms with van der Waals surface area (Å²) in [5.41, 5.74) is 0.0721. The monoisotopic (exact) mass is 266 g/mol. The molecule has 1 saturated heterocycles. The lowest BCUT2D eigenvalue weighted by atomic mass is 9.92. The number of ether oxygens (including phenoxy) is 1. The molecule has 2 saturated carbocycles. The summed E-state index contributed by atoms with van der Waals surface area (Å²) in [5.74, 6) is 0. The van der Waals surface area contributed by atoms with Gasteiger partial charge in [-0.15, -0.1) is 0 Å². The molecule has 0 aromatic heterocycles. The van der Waals surface area contributed by atoms with E-state index >= 15 is 0 Å². The molecule has 0 aromatic carbocycles. The Hall–Kier alpha value is -0.770. The van der Waals surface area contributed by atoms with Gasteiger partial charge in [-0.2, -0.15) is 0 Å². The molecule has 3 aliphatic rings. The molecule has 4 nitrogen and oxygen atoms in total. The molecule has 19 heavy (non-hydrogen) atoms. The highest BCUT2D eigenvalue weighted by Crippen LogP contribution is 2.38. The fraction of sp³-hybridized carbons (Fsp3) is 0.933. The zero-order valence-corrected chi connectivity index (χ0v) is 12.1. The van der Waals surface area contributed by atoms with Crippen LogP contribution in [0.3, 0.4) is 0 Å². The fourth-order valence-corrected chi connectivity index (χ4v) is 4.13. The third-order valence-electron chi connectivity index (χ3n) is 5.17. The fourth-order valence-electron chi connectivity index (χ4n) is 4.13. The number of piperazine rings is 1. The Labute approximate surface area is 116 Å². The van der Waals surface area contributed by atoms with Crippen LogP contribution in [-0.4, -0.2) is 54.2 Å². The first kappa shape index (κ1) is 13.2. The van der Waals surface area contributed by atoms with Crippen LogP contribution in [0.5, 0.6) is 0 Å². The van der Waals surface area contributed by atoms with Crippen LogP contribution in [-0.2, 0) is 4.74 Å².